The maximum absolute atomic E-state index is 14.1. The second-order valence-corrected chi connectivity index (χ2v) is 12.7. The number of carbonyl (C=O) groups is 1. The predicted octanol–water partition coefficient (Wildman–Crippen LogP) is 7.68. The van der Waals surface area contributed by atoms with Gasteiger partial charge in [-0.3, -0.25) is 0 Å². The van der Waals surface area contributed by atoms with Crippen LogP contribution >= 0.6 is 0 Å². The maximum Gasteiger partial charge on any atom is 0.335 e. The molecule has 1 atom stereocenters. The van der Waals surface area contributed by atoms with Crippen LogP contribution in [0, 0.1) is 5.82 Å². The summed E-state index contributed by atoms with van der Waals surface area (Å²) in [6.07, 6.45) is 2.90. The molecule has 1 aromatic heterocycles. The zero-order chi connectivity index (χ0) is 29.9. The molecule has 0 aliphatic carbocycles. The Balaban J connectivity index is 1.75. The highest BCUT2D eigenvalue weighted by Gasteiger charge is 2.33. The third-order valence-corrected chi connectivity index (χ3v) is 8.39. The van der Waals surface area contributed by atoms with Gasteiger partial charge in [-0.25, -0.2) is 9.18 Å². The number of carboxylic acid groups (broad SMARTS) is 1. The van der Waals surface area contributed by atoms with Gasteiger partial charge in [0.2, 0.25) is 0 Å². The van der Waals surface area contributed by atoms with Crippen LogP contribution in [0.25, 0.3) is 16.6 Å². The predicted molar refractivity (Wildman–Crippen MR) is 167 cm³/mol. The van der Waals surface area contributed by atoms with E-state index >= 15 is 0 Å². The van der Waals surface area contributed by atoms with Crippen molar-refractivity contribution in [1.29, 1.82) is 0 Å². The Morgan fingerprint density at radius 2 is 1.62 bits per heavy atom. The molecule has 5 rings (SSSR count). The first-order chi connectivity index (χ1) is 20.1. The first kappa shape index (κ1) is 29.4. The molecule has 7 heteroatoms. The topological polar surface area (TPSA) is 74.5 Å². The van der Waals surface area contributed by atoms with Crippen LogP contribution < -0.4 is 4.74 Å². The summed E-state index contributed by atoms with van der Waals surface area (Å²) in [5.41, 5.74) is 5.59. The minimum atomic E-state index is -0.977. The molecule has 216 valence electrons. The number of ether oxygens (including phenoxy) is 1. The first-order valence-electron chi connectivity index (χ1n) is 13.9. The van der Waals surface area contributed by atoms with Gasteiger partial charge in [0, 0.05) is 35.0 Å². The molecule has 1 unspecified atom stereocenters. The van der Waals surface area contributed by atoms with E-state index in [1.807, 2.05) is 60.7 Å². The quantitative estimate of drug-likeness (QED) is 0.162. The van der Waals surface area contributed by atoms with Crippen molar-refractivity contribution >= 4 is 28.0 Å². The van der Waals surface area contributed by atoms with E-state index in [9.17, 15) is 18.8 Å². The molecular weight excluding hydrogens is 549 g/mol. The molecule has 0 saturated carbocycles. The van der Waals surface area contributed by atoms with Crippen LogP contribution in [0.5, 0.6) is 5.75 Å². The Labute approximate surface area is 248 Å². The lowest BCUT2D eigenvalue weighted by Gasteiger charge is -2.29. The number of aromatic carboxylic acids is 1. The first-order valence-corrected chi connectivity index (χ1v) is 15.6. The number of aromatic nitrogens is 1. The standard InChI is InChI=1S/C35H34FNO4S/c1-35(2,20-21-42(3)40)33-29(22-24-12-14-26(15-13-24)34(38)39)32-30(37(33)28-18-16-27(36)17-19-28)10-7-11-31(32)41-23-25-8-5-4-6-9-25/h4-19H,20-23H2,1-3H3,(H,38,39). The maximum atomic E-state index is 14.1. The van der Waals surface area contributed by atoms with Gasteiger partial charge in [-0.15, -0.1) is 0 Å². The normalized spacial score (nSPS) is 12.4. The Bertz CT molecular complexity index is 1680. The third-order valence-electron chi connectivity index (χ3n) is 7.62. The van der Waals surface area contributed by atoms with Gasteiger partial charge in [-0.1, -0.05) is 73.6 Å². The van der Waals surface area contributed by atoms with E-state index < -0.39 is 22.6 Å². The lowest BCUT2D eigenvalue weighted by Crippen LogP contribution is -2.26. The van der Waals surface area contributed by atoms with Crippen molar-refractivity contribution in [3.63, 3.8) is 0 Å². The second kappa shape index (κ2) is 12.4. The van der Waals surface area contributed by atoms with E-state index in [4.69, 9.17) is 4.74 Å². The van der Waals surface area contributed by atoms with Crippen LogP contribution in [-0.4, -0.2) is 32.2 Å². The number of benzene rings is 4. The van der Waals surface area contributed by atoms with Gasteiger partial charge >= 0.3 is 5.97 Å². The van der Waals surface area contributed by atoms with Gasteiger partial charge in [0.15, 0.2) is 0 Å². The van der Waals surface area contributed by atoms with Crippen molar-refractivity contribution in [1.82, 2.24) is 4.57 Å². The summed E-state index contributed by atoms with van der Waals surface area (Å²) in [5.74, 6) is -0.0313. The van der Waals surface area contributed by atoms with Crippen LogP contribution in [0.15, 0.2) is 97.1 Å². The summed E-state index contributed by atoms with van der Waals surface area (Å²) < 4.78 is 34.9. The minimum Gasteiger partial charge on any atom is -0.617 e. The molecule has 1 heterocycles. The molecule has 1 N–H and O–H groups in total. The van der Waals surface area contributed by atoms with E-state index in [2.05, 4.69) is 18.4 Å². The van der Waals surface area contributed by atoms with Crippen LogP contribution in [0.2, 0.25) is 0 Å². The lowest BCUT2D eigenvalue weighted by atomic mass is 9.82. The molecule has 5 nitrogen and oxygen atoms in total. The highest BCUT2D eigenvalue weighted by Crippen LogP contribution is 2.43. The van der Waals surface area contributed by atoms with Gasteiger partial charge in [-0.05, 0) is 65.2 Å². The number of hydrogen-bond donors (Lipinski definition) is 1. The Morgan fingerprint density at radius 3 is 2.26 bits per heavy atom. The van der Waals surface area contributed by atoms with Crippen LogP contribution in [-0.2, 0) is 29.6 Å². The molecular formula is C35H34FNO4S. The average molecular weight is 584 g/mol. The third kappa shape index (κ3) is 6.37. The SMILES string of the molecule is C[S+]([O-])CCC(C)(C)c1c(Cc2ccc(C(=O)O)cc2)c2c(OCc3ccccc3)cccc2n1-c1ccc(F)cc1. The molecule has 42 heavy (non-hydrogen) atoms. The molecule has 0 saturated heterocycles. The monoisotopic (exact) mass is 583 g/mol. The number of fused-ring (bicyclic) bond motifs is 1. The van der Waals surface area contributed by atoms with E-state index in [1.165, 1.54) is 12.1 Å². The van der Waals surface area contributed by atoms with Crippen molar-refractivity contribution in [2.75, 3.05) is 12.0 Å². The zero-order valence-corrected chi connectivity index (χ0v) is 24.8. The molecule has 0 amide bonds. The van der Waals surface area contributed by atoms with Gasteiger partial charge in [-0.2, -0.15) is 0 Å². The summed E-state index contributed by atoms with van der Waals surface area (Å²) >= 11 is -0.977. The van der Waals surface area contributed by atoms with E-state index in [0.29, 0.717) is 25.2 Å². The minimum absolute atomic E-state index is 0.227. The summed E-state index contributed by atoms with van der Waals surface area (Å²) in [4.78, 5) is 11.5. The smallest absolute Gasteiger partial charge is 0.335 e. The number of rotatable bonds is 11. The molecule has 0 aliphatic rings. The molecule has 5 aromatic rings. The van der Waals surface area contributed by atoms with Crippen molar-refractivity contribution in [2.45, 2.75) is 38.7 Å². The Morgan fingerprint density at radius 1 is 0.929 bits per heavy atom. The van der Waals surface area contributed by atoms with Crippen molar-refractivity contribution in [3.8, 4) is 11.4 Å². The summed E-state index contributed by atoms with van der Waals surface area (Å²) in [5, 5.41) is 10.4. The van der Waals surface area contributed by atoms with E-state index in [0.717, 1.165) is 44.7 Å². The highest BCUT2D eigenvalue weighted by molar-refractivity contribution is 7.90. The van der Waals surface area contributed by atoms with E-state index in [-0.39, 0.29) is 11.4 Å². The fourth-order valence-electron chi connectivity index (χ4n) is 5.47. The van der Waals surface area contributed by atoms with Crippen molar-refractivity contribution in [2.24, 2.45) is 0 Å². The summed E-state index contributed by atoms with van der Waals surface area (Å²) in [7, 11) is 0. The van der Waals surface area contributed by atoms with E-state index in [1.54, 1.807) is 30.5 Å². The molecule has 0 aliphatic heterocycles. The van der Waals surface area contributed by atoms with Gasteiger partial charge in [0.05, 0.1) is 17.3 Å². The average Bonchev–Trinajstić information content (AvgIpc) is 3.31. The van der Waals surface area contributed by atoms with Gasteiger partial charge < -0.3 is 19.0 Å². The fraction of sp³-hybridized carbons (Fsp3) is 0.229. The highest BCUT2D eigenvalue weighted by atomic mass is 32.2. The molecule has 0 fully saturated rings. The molecule has 0 radical (unpaired) electrons. The largest absolute Gasteiger partial charge is 0.617 e. The van der Waals surface area contributed by atoms with Gasteiger partial charge in [0.1, 0.15) is 23.9 Å². The van der Waals surface area contributed by atoms with Crippen LogP contribution in [0.3, 0.4) is 0 Å². The number of nitrogens with zero attached hydrogens (tertiary/aromatic N) is 1. The molecule has 0 spiro atoms. The number of hydrogen-bond acceptors (Lipinski definition) is 3. The van der Waals surface area contributed by atoms with Gasteiger partial charge in [0.25, 0.3) is 0 Å². The summed E-state index contributed by atoms with van der Waals surface area (Å²) in [6.45, 7) is 4.69. The Kier molecular flexibility index (Phi) is 8.71. The Hall–Kier alpha value is -4.07. The zero-order valence-electron chi connectivity index (χ0n) is 24.0. The second-order valence-electron chi connectivity index (χ2n) is 11.2. The molecule has 4 aromatic carbocycles. The number of carboxylic acids is 1. The van der Waals surface area contributed by atoms with Crippen LogP contribution in [0.4, 0.5) is 4.39 Å². The van der Waals surface area contributed by atoms with Crippen molar-refractivity contribution in [3.05, 3.63) is 131 Å². The summed E-state index contributed by atoms with van der Waals surface area (Å²) in [6, 6.07) is 29.3. The number of halogens is 1. The lowest BCUT2D eigenvalue weighted by molar-refractivity contribution is 0.0697. The molecule has 0 bridgehead atoms. The van der Waals surface area contributed by atoms with Crippen LogP contribution in [0.1, 0.15) is 53.0 Å². The van der Waals surface area contributed by atoms with Crippen molar-refractivity contribution < 1.29 is 23.6 Å². The fourth-order valence-corrected chi connectivity index (χ4v) is 6.26.